The van der Waals surface area contributed by atoms with Crippen molar-refractivity contribution in [1.82, 2.24) is 10.2 Å². The maximum absolute atomic E-state index is 13.0. The number of nitrogens with zero attached hydrogens (tertiary/aromatic N) is 1. The molecule has 0 fully saturated rings. The average Bonchev–Trinajstić information content (AvgIpc) is 2.72. The van der Waals surface area contributed by atoms with Crippen LogP contribution < -0.4 is 5.32 Å². The zero-order chi connectivity index (χ0) is 21.2. The van der Waals surface area contributed by atoms with Crippen LogP contribution in [-0.4, -0.2) is 35.1 Å². The van der Waals surface area contributed by atoms with Gasteiger partial charge < -0.3 is 10.2 Å². The first kappa shape index (κ1) is 23.8. The Morgan fingerprint density at radius 3 is 2.34 bits per heavy atom. The van der Waals surface area contributed by atoms with Crippen molar-refractivity contribution in [2.75, 3.05) is 12.3 Å². The maximum atomic E-state index is 13.0. The normalized spacial score (nSPS) is 11.7. The first-order valence-electron chi connectivity index (χ1n) is 9.54. The topological polar surface area (TPSA) is 49.4 Å². The molecule has 7 heteroatoms. The lowest BCUT2D eigenvalue weighted by molar-refractivity contribution is -0.138. The number of benzene rings is 2. The van der Waals surface area contributed by atoms with E-state index >= 15 is 0 Å². The van der Waals surface area contributed by atoms with Gasteiger partial charge in [0.05, 0.1) is 5.75 Å². The van der Waals surface area contributed by atoms with Gasteiger partial charge in [-0.1, -0.05) is 58.7 Å². The van der Waals surface area contributed by atoms with Crippen molar-refractivity contribution in [2.45, 2.75) is 38.6 Å². The van der Waals surface area contributed by atoms with Gasteiger partial charge in [0, 0.05) is 28.3 Å². The van der Waals surface area contributed by atoms with Gasteiger partial charge >= 0.3 is 0 Å². The fourth-order valence-electron chi connectivity index (χ4n) is 2.68. The molecular formula is C22H26BrClN2O2S. The molecule has 0 saturated heterocycles. The van der Waals surface area contributed by atoms with Crippen LogP contribution in [0.15, 0.2) is 53.0 Å². The third kappa shape index (κ3) is 8.03. The van der Waals surface area contributed by atoms with Gasteiger partial charge in [-0.05, 0) is 48.7 Å². The minimum atomic E-state index is -0.544. The van der Waals surface area contributed by atoms with Crippen molar-refractivity contribution in [3.8, 4) is 0 Å². The van der Waals surface area contributed by atoms with Crippen LogP contribution in [0.1, 0.15) is 31.4 Å². The molecule has 2 rings (SSSR count). The van der Waals surface area contributed by atoms with E-state index in [1.165, 1.54) is 0 Å². The number of halogens is 2. The van der Waals surface area contributed by atoms with E-state index in [0.29, 0.717) is 23.9 Å². The van der Waals surface area contributed by atoms with Gasteiger partial charge in [-0.3, -0.25) is 9.59 Å². The van der Waals surface area contributed by atoms with Crippen molar-refractivity contribution in [3.05, 3.63) is 69.2 Å². The molecule has 0 aliphatic rings. The lowest BCUT2D eigenvalue weighted by Gasteiger charge is -2.28. The van der Waals surface area contributed by atoms with Gasteiger partial charge in [-0.25, -0.2) is 0 Å². The highest BCUT2D eigenvalue weighted by molar-refractivity contribution is 9.10. The molecule has 0 radical (unpaired) electrons. The van der Waals surface area contributed by atoms with Gasteiger partial charge in [-0.15, -0.1) is 11.8 Å². The fourth-order valence-corrected chi connectivity index (χ4v) is 3.95. The van der Waals surface area contributed by atoms with Crippen LogP contribution in [0.4, 0.5) is 0 Å². The molecule has 1 atom stereocenters. The highest BCUT2D eigenvalue weighted by atomic mass is 79.9. The SMILES string of the molecule is CCCNC(=O)[C@@H](C)N(Cc1ccc(Cl)cc1)C(=O)CSCc1ccc(Br)cc1. The Morgan fingerprint density at radius 2 is 1.72 bits per heavy atom. The van der Waals surface area contributed by atoms with Crippen LogP contribution in [0, 0.1) is 0 Å². The number of hydrogen-bond acceptors (Lipinski definition) is 3. The second kappa shape index (κ2) is 12.3. The minimum Gasteiger partial charge on any atom is -0.354 e. The number of carbonyl (C=O) groups is 2. The monoisotopic (exact) mass is 496 g/mol. The Hall–Kier alpha value is -1.50. The standard InChI is InChI=1S/C22H26BrClN2O2S/c1-3-12-25-22(28)16(2)26(13-17-6-10-20(24)11-7-17)21(27)15-29-14-18-4-8-19(23)9-5-18/h4-11,16H,3,12-15H2,1-2H3,(H,25,28)/t16-/m1/s1. The summed E-state index contributed by atoms with van der Waals surface area (Å²) in [6.45, 7) is 4.75. The summed E-state index contributed by atoms with van der Waals surface area (Å²) in [5.41, 5.74) is 2.10. The van der Waals surface area contributed by atoms with Crippen molar-refractivity contribution < 1.29 is 9.59 Å². The van der Waals surface area contributed by atoms with E-state index in [4.69, 9.17) is 11.6 Å². The smallest absolute Gasteiger partial charge is 0.242 e. The van der Waals surface area contributed by atoms with Crippen LogP contribution in [0.25, 0.3) is 0 Å². The highest BCUT2D eigenvalue weighted by Gasteiger charge is 2.25. The molecule has 156 valence electrons. The number of carbonyl (C=O) groups excluding carboxylic acids is 2. The van der Waals surface area contributed by atoms with Crippen molar-refractivity contribution in [2.24, 2.45) is 0 Å². The van der Waals surface area contributed by atoms with Gasteiger partial charge in [0.25, 0.3) is 0 Å². The summed E-state index contributed by atoms with van der Waals surface area (Å²) < 4.78 is 1.03. The predicted octanol–water partition coefficient (Wildman–Crippen LogP) is 5.28. The number of thioether (sulfide) groups is 1. The maximum Gasteiger partial charge on any atom is 0.242 e. The van der Waals surface area contributed by atoms with E-state index in [9.17, 15) is 9.59 Å². The second-order valence-corrected chi connectivity index (χ2v) is 9.07. The molecule has 2 aromatic rings. The molecule has 0 spiro atoms. The largest absolute Gasteiger partial charge is 0.354 e. The lowest BCUT2D eigenvalue weighted by atomic mass is 10.1. The van der Waals surface area contributed by atoms with E-state index < -0.39 is 6.04 Å². The van der Waals surface area contributed by atoms with Gasteiger partial charge in [-0.2, -0.15) is 0 Å². The predicted molar refractivity (Wildman–Crippen MR) is 125 cm³/mol. The number of nitrogens with one attached hydrogen (secondary N) is 1. The number of amides is 2. The molecular weight excluding hydrogens is 472 g/mol. The lowest BCUT2D eigenvalue weighted by Crippen LogP contribution is -2.48. The van der Waals surface area contributed by atoms with Crippen LogP contribution in [-0.2, 0) is 21.9 Å². The summed E-state index contributed by atoms with van der Waals surface area (Å²) in [4.78, 5) is 27.1. The van der Waals surface area contributed by atoms with Crippen molar-refractivity contribution in [3.63, 3.8) is 0 Å². The number of rotatable bonds is 10. The van der Waals surface area contributed by atoms with E-state index in [2.05, 4.69) is 21.2 Å². The Bertz CT molecular complexity index is 799. The Balaban J connectivity index is 2.03. The van der Waals surface area contributed by atoms with Gasteiger partial charge in [0.15, 0.2) is 0 Å². The van der Waals surface area contributed by atoms with Crippen molar-refractivity contribution in [1.29, 1.82) is 0 Å². The zero-order valence-corrected chi connectivity index (χ0v) is 19.8. The van der Waals surface area contributed by atoms with E-state index in [0.717, 1.165) is 27.8 Å². The van der Waals surface area contributed by atoms with Crippen LogP contribution in [0.2, 0.25) is 5.02 Å². The van der Waals surface area contributed by atoms with Gasteiger partial charge in [0.1, 0.15) is 6.04 Å². The molecule has 0 bridgehead atoms. The molecule has 0 aromatic heterocycles. The minimum absolute atomic E-state index is 0.0544. The summed E-state index contributed by atoms with van der Waals surface area (Å²) in [6, 6.07) is 14.9. The molecule has 0 heterocycles. The molecule has 0 aliphatic carbocycles. The molecule has 1 N–H and O–H groups in total. The first-order chi connectivity index (χ1) is 13.9. The van der Waals surface area contributed by atoms with Crippen LogP contribution in [0.5, 0.6) is 0 Å². The first-order valence-corrected chi connectivity index (χ1v) is 11.9. The zero-order valence-electron chi connectivity index (χ0n) is 16.7. The third-order valence-corrected chi connectivity index (χ3v) is 6.16. The summed E-state index contributed by atoms with van der Waals surface area (Å²) in [7, 11) is 0. The van der Waals surface area contributed by atoms with Crippen LogP contribution in [0.3, 0.4) is 0 Å². The summed E-state index contributed by atoms with van der Waals surface area (Å²) in [5, 5.41) is 3.53. The average molecular weight is 498 g/mol. The Labute approximate surface area is 190 Å². The molecule has 0 unspecified atom stereocenters. The Kier molecular flexibility index (Phi) is 10.0. The van der Waals surface area contributed by atoms with E-state index in [-0.39, 0.29) is 11.8 Å². The second-order valence-electron chi connectivity index (χ2n) is 6.73. The molecule has 0 aliphatic heterocycles. The molecule has 0 saturated carbocycles. The molecule has 29 heavy (non-hydrogen) atoms. The van der Waals surface area contributed by atoms with Crippen molar-refractivity contribution >= 4 is 51.1 Å². The summed E-state index contributed by atoms with van der Waals surface area (Å²) in [5.74, 6) is 0.868. The highest BCUT2D eigenvalue weighted by Crippen LogP contribution is 2.18. The quantitative estimate of drug-likeness (QED) is 0.486. The van der Waals surface area contributed by atoms with E-state index in [1.54, 1.807) is 35.7 Å². The molecule has 2 amide bonds. The van der Waals surface area contributed by atoms with Gasteiger partial charge in [0.2, 0.25) is 11.8 Å². The van der Waals surface area contributed by atoms with Crippen LogP contribution >= 0.6 is 39.3 Å². The summed E-state index contributed by atoms with van der Waals surface area (Å²) in [6.07, 6.45) is 0.854. The fraction of sp³-hybridized carbons (Fsp3) is 0.364. The Morgan fingerprint density at radius 1 is 1.10 bits per heavy atom. The number of hydrogen-bond donors (Lipinski definition) is 1. The van der Waals surface area contributed by atoms with E-state index in [1.807, 2.05) is 43.3 Å². The summed E-state index contributed by atoms with van der Waals surface area (Å²) >= 11 is 10.9. The molecule has 4 nitrogen and oxygen atoms in total. The third-order valence-electron chi connectivity index (χ3n) is 4.39. The molecule has 2 aromatic carbocycles.